The molecule has 0 spiro atoms. The molecule has 0 heterocycles. The number of carbonyl (C=O) groups is 2. The Morgan fingerprint density at radius 2 is 0.698 bits per heavy atom. The van der Waals surface area contributed by atoms with Crippen molar-refractivity contribution in [2.24, 2.45) is 0 Å². The Hall–Kier alpha value is -1.14. The third-order valence-corrected chi connectivity index (χ3v) is 8.68. The van der Waals surface area contributed by atoms with Crippen LogP contribution in [-0.2, 0) is 9.59 Å². The van der Waals surface area contributed by atoms with Crippen molar-refractivity contribution < 1.29 is 19.8 Å². The van der Waals surface area contributed by atoms with E-state index in [-0.39, 0.29) is 24.0 Å². The molecule has 6 heteroatoms. The molecule has 0 rings (SSSR count). The minimum atomic E-state index is -0.102. The highest BCUT2D eigenvalue weighted by atomic mass is 16.3. The summed E-state index contributed by atoms with van der Waals surface area (Å²) in [5, 5.41) is 25.8. The van der Waals surface area contributed by atoms with E-state index in [0.717, 1.165) is 77.0 Å². The maximum absolute atomic E-state index is 12.0. The van der Waals surface area contributed by atoms with Crippen LogP contribution in [-0.4, -0.2) is 47.3 Å². The highest BCUT2D eigenvalue weighted by Gasteiger charge is 2.06. The molecular formula is C37H74N2O4. The topological polar surface area (TPSA) is 98.7 Å². The first-order valence-electron chi connectivity index (χ1n) is 18.9. The second-order valence-electron chi connectivity index (χ2n) is 13.1. The Kier molecular flexibility index (Phi) is 32.9. The van der Waals surface area contributed by atoms with Crippen molar-refractivity contribution in [3.8, 4) is 0 Å². The molecule has 0 saturated heterocycles. The van der Waals surface area contributed by atoms with Crippen LogP contribution < -0.4 is 10.6 Å². The average molecular weight is 611 g/mol. The maximum Gasteiger partial charge on any atom is 0.220 e. The van der Waals surface area contributed by atoms with Crippen molar-refractivity contribution in [1.29, 1.82) is 0 Å². The largest absolute Gasteiger partial charge is 0.393 e. The van der Waals surface area contributed by atoms with Gasteiger partial charge in [0.2, 0.25) is 11.8 Å². The Bertz CT molecular complexity index is 601. The molecule has 0 aliphatic heterocycles. The Morgan fingerprint density at radius 3 is 1.05 bits per heavy atom. The molecule has 0 aliphatic rings. The van der Waals surface area contributed by atoms with Gasteiger partial charge in [0.05, 0.1) is 12.2 Å². The van der Waals surface area contributed by atoms with Crippen molar-refractivity contribution in [2.45, 2.75) is 212 Å². The van der Waals surface area contributed by atoms with Crippen LogP contribution in [0.1, 0.15) is 200 Å². The molecule has 2 unspecified atom stereocenters. The van der Waals surface area contributed by atoms with E-state index in [9.17, 15) is 19.8 Å². The van der Waals surface area contributed by atoms with E-state index >= 15 is 0 Å². The lowest BCUT2D eigenvalue weighted by Gasteiger charge is -2.10. The van der Waals surface area contributed by atoms with Crippen LogP contribution in [0.4, 0.5) is 0 Å². The normalized spacial score (nSPS) is 12.7. The summed E-state index contributed by atoms with van der Waals surface area (Å²) in [6, 6.07) is 0. The standard InChI is InChI=1S/C37H74N2O4/c1-3-5-7-16-21-28-35(41)29-23-18-13-9-11-15-20-25-31-37(43)39-33-32-38-36(42)30-24-19-14-10-8-12-17-22-27-34(40)26-6-4-2/h34-35,40-41H,3-33H2,1-2H3,(H,38,42)(H,39,43). The van der Waals surface area contributed by atoms with Gasteiger partial charge >= 0.3 is 0 Å². The van der Waals surface area contributed by atoms with Crippen molar-refractivity contribution in [3.63, 3.8) is 0 Å². The van der Waals surface area contributed by atoms with Crippen LogP contribution in [0.25, 0.3) is 0 Å². The number of rotatable bonds is 34. The number of aliphatic hydroxyl groups excluding tert-OH is 2. The van der Waals surface area contributed by atoms with Gasteiger partial charge in [-0.15, -0.1) is 0 Å². The Labute approximate surface area is 267 Å². The maximum atomic E-state index is 12.0. The summed E-state index contributed by atoms with van der Waals surface area (Å²) in [4.78, 5) is 24.0. The molecule has 256 valence electrons. The molecule has 0 aromatic heterocycles. The molecule has 0 aromatic rings. The van der Waals surface area contributed by atoms with Gasteiger partial charge in [-0.2, -0.15) is 0 Å². The van der Waals surface area contributed by atoms with E-state index in [1.165, 1.54) is 96.3 Å². The predicted octanol–water partition coefficient (Wildman–Crippen LogP) is 9.29. The molecule has 0 aromatic carbocycles. The number of aliphatic hydroxyl groups is 2. The number of unbranched alkanes of at least 4 members (excludes halogenated alkanes) is 19. The zero-order valence-corrected chi connectivity index (χ0v) is 28.8. The van der Waals surface area contributed by atoms with E-state index < -0.39 is 0 Å². The first-order valence-corrected chi connectivity index (χ1v) is 18.9. The van der Waals surface area contributed by atoms with Crippen molar-refractivity contribution in [1.82, 2.24) is 10.6 Å². The average Bonchev–Trinajstić information content (AvgIpc) is 2.99. The molecule has 6 nitrogen and oxygen atoms in total. The molecule has 0 aliphatic carbocycles. The molecule has 0 fully saturated rings. The molecule has 0 radical (unpaired) electrons. The van der Waals surface area contributed by atoms with Crippen LogP contribution in [0, 0.1) is 0 Å². The molecular weight excluding hydrogens is 536 g/mol. The summed E-state index contributed by atoms with van der Waals surface area (Å²) < 4.78 is 0. The highest BCUT2D eigenvalue weighted by molar-refractivity contribution is 5.77. The molecule has 0 bridgehead atoms. The van der Waals surface area contributed by atoms with Gasteiger partial charge in [0, 0.05) is 25.9 Å². The van der Waals surface area contributed by atoms with Gasteiger partial charge < -0.3 is 20.8 Å². The van der Waals surface area contributed by atoms with Crippen LogP contribution in [0.15, 0.2) is 0 Å². The number of amides is 2. The number of carbonyl (C=O) groups excluding carboxylic acids is 2. The Balaban J connectivity index is 3.35. The highest BCUT2D eigenvalue weighted by Crippen LogP contribution is 2.15. The predicted molar refractivity (Wildman–Crippen MR) is 183 cm³/mol. The monoisotopic (exact) mass is 611 g/mol. The summed E-state index contributed by atoms with van der Waals surface area (Å²) >= 11 is 0. The van der Waals surface area contributed by atoms with Gasteiger partial charge in [0.15, 0.2) is 0 Å². The SMILES string of the molecule is CCCCCCCC(O)CCCCCCCCCCC(=O)NCCNC(=O)CCCCCCCCCCC(O)CCCC. The fourth-order valence-electron chi connectivity index (χ4n) is 5.74. The molecule has 0 saturated carbocycles. The number of hydrogen-bond donors (Lipinski definition) is 4. The van der Waals surface area contributed by atoms with Gasteiger partial charge in [0.1, 0.15) is 0 Å². The van der Waals surface area contributed by atoms with Crippen LogP contribution >= 0.6 is 0 Å². The van der Waals surface area contributed by atoms with Gasteiger partial charge in [-0.3, -0.25) is 9.59 Å². The third kappa shape index (κ3) is 33.6. The van der Waals surface area contributed by atoms with Gasteiger partial charge in [-0.1, -0.05) is 149 Å². The van der Waals surface area contributed by atoms with E-state index in [0.29, 0.717) is 25.9 Å². The first-order chi connectivity index (χ1) is 21.0. The smallest absolute Gasteiger partial charge is 0.220 e. The second kappa shape index (κ2) is 33.7. The zero-order valence-electron chi connectivity index (χ0n) is 28.8. The van der Waals surface area contributed by atoms with E-state index in [2.05, 4.69) is 24.5 Å². The summed E-state index contributed by atoms with van der Waals surface area (Å²) in [5.41, 5.74) is 0. The Morgan fingerprint density at radius 1 is 0.419 bits per heavy atom. The lowest BCUT2D eigenvalue weighted by Crippen LogP contribution is -2.34. The fraction of sp³-hybridized carbons (Fsp3) is 0.946. The lowest BCUT2D eigenvalue weighted by molar-refractivity contribution is -0.123. The van der Waals surface area contributed by atoms with Crippen LogP contribution in [0.3, 0.4) is 0 Å². The summed E-state index contributed by atoms with van der Waals surface area (Å²) in [6.07, 6.45) is 32.1. The van der Waals surface area contributed by atoms with E-state index in [1.807, 2.05) is 0 Å². The minimum absolute atomic E-state index is 0.0878. The quantitative estimate of drug-likeness (QED) is 0.0546. The second-order valence-corrected chi connectivity index (χ2v) is 13.1. The molecule has 4 N–H and O–H groups in total. The van der Waals surface area contributed by atoms with Crippen LogP contribution in [0.5, 0.6) is 0 Å². The van der Waals surface area contributed by atoms with Crippen molar-refractivity contribution in [3.05, 3.63) is 0 Å². The first kappa shape index (κ1) is 41.9. The van der Waals surface area contributed by atoms with Gasteiger partial charge in [-0.25, -0.2) is 0 Å². The van der Waals surface area contributed by atoms with E-state index in [4.69, 9.17) is 0 Å². The minimum Gasteiger partial charge on any atom is -0.393 e. The van der Waals surface area contributed by atoms with Gasteiger partial charge in [0.25, 0.3) is 0 Å². The molecule has 2 amide bonds. The summed E-state index contributed by atoms with van der Waals surface area (Å²) in [7, 11) is 0. The molecule has 2 atom stereocenters. The third-order valence-electron chi connectivity index (χ3n) is 8.68. The lowest BCUT2D eigenvalue weighted by atomic mass is 10.0. The van der Waals surface area contributed by atoms with Crippen molar-refractivity contribution >= 4 is 11.8 Å². The summed E-state index contributed by atoms with van der Waals surface area (Å²) in [6.45, 7) is 5.42. The number of hydrogen-bond acceptors (Lipinski definition) is 4. The summed E-state index contributed by atoms with van der Waals surface area (Å²) in [5.74, 6) is 0.177. The zero-order chi connectivity index (χ0) is 31.6. The number of nitrogens with one attached hydrogen (secondary N) is 2. The van der Waals surface area contributed by atoms with Gasteiger partial charge in [-0.05, 0) is 38.5 Å². The van der Waals surface area contributed by atoms with Crippen molar-refractivity contribution in [2.75, 3.05) is 13.1 Å². The fourth-order valence-corrected chi connectivity index (χ4v) is 5.74. The molecule has 43 heavy (non-hydrogen) atoms. The van der Waals surface area contributed by atoms with Crippen LogP contribution in [0.2, 0.25) is 0 Å². The van der Waals surface area contributed by atoms with E-state index in [1.54, 1.807) is 0 Å².